The van der Waals surface area contributed by atoms with Gasteiger partial charge >= 0.3 is 0 Å². The van der Waals surface area contributed by atoms with E-state index in [1.54, 1.807) is 24.3 Å². The molecule has 0 spiro atoms. The molecule has 0 saturated carbocycles. The van der Waals surface area contributed by atoms with E-state index in [0.29, 0.717) is 16.6 Å². The average molecular weight is 386 g/mol. The van der Waals surface area contributed by atoms with Crippen LogP contribution in [0.2, 0.25) is 0 Å². The zero-order valence-electron chi connectivity index (χ0n) is 14.6. The highest BCUT2D eigenvalue weighted by Gasteiger charge is 2.27. The van der Waals surface area contributed by atoms with Crippen molar-refractivity contribution in [3.63, 3.8) is 0 Å². The van der Waals surface area contributed by atoms with E-state index < -0.39 is 9.84 Å². The van der Waals surface area contributed by atoms with E-state index in [-0.39, 0.29) is 21.2 Å². The lowest BCUT2D eigenvalue weighted by Gasteiger charge is -2.14. The van der Waals surface area contributed by atoms with Crippen LogP contribution in [0.4, 0.5) is 11.5 Å². The molecular formula is C21H14N4O2S. The fourth-order valence-corrected chi connectivity index (χ4v) is 4.56. The number of aromatic nitrogens is 2. The van der Waals surface area contributed by atoms with Gasteiger partial charge < -0.3 is 5.32 Å². The Bertz CT molecular complexity index is 1300. The fourth-order valence-electron chi connectivity index (χ4n) is 2.93. The van der Waals surface area contributed by atoms with Crippen LogP contribution in [-0.4, -0.2) is 18.4 Å². The molecule has 0 saturated heterocycles. The predicted octanol–water partition coefficient (Wildman–Crippen LogP) is 4.08. The summed E-state index contributed by atoms with van der Waals surface area (Å²) in [6.07, 6.45) is 2.97. The number of nitrogens with one attached hydrogen (secondary N) is 1. The molecule has 0 aliphatic rings. The number of nitriles is 1. The number of anilines is 2. The van der Waals surface area contributed by atoms with E-state index in [9.17, 15) is 13.7 Å². The molecule has 0 fully saturated rings. The zero-order valence-corrected chi connectivity index (χ0v) is 15.4. The monoisotopic (exact) mass is 386 g/mol. The first-order valence-electron chi connectivity index (χ1n) is 8.41. The molecule has 1 N–H and O–H groups in total. The molecule has 6 nitrogen and oxygen atoms in total. The molecule has 0 amide bonds. The average Bonchev–Trinajstić information content (AvgIpc) is 2.74. The second kappa shape index (κ2) is 7.10. The van der Waals surface area contributed by atoms with Crippen molar-refractivity contribution >= 4 is 32.2 Å². The molecule has 0 unspecified atom stereocenters. The smallest absolute Gasteiger partial charge is 0.208 e. The summed E-state index contributed by atoms with van der Waals surface area (Å²) >= 11 is 0. The molecule has 0 aliphatic heterocycles. The van der Waals surface area contributed by atoms with Crippen molar-refractivity contribution in [2.75, 3.05) is 5.32 Å². The summed E-state index contributed by atoms with van der Waals surface area (Å²) in [5.74, 6) is 0.170. The van der Waals surface area contributed by atoms with Crippen molar-refractivity contribution in [3.05, 3.63) is 84.7 Å². The third-order valence-corrected chi connectivity index (χ3v) is 6.07. The van der Waals surface area contributed by atoms with Crippen molar-refractivity contribution < 1.29 is 8.42 Å². The van der Waals surface area contributed by atoms with Crippen molar-refractivity contribution in [1.29, 1.82) is 5.26 Å². The number of benzene rings is 2. The minimum absolute atomic E-state index is 0.0357. The van der Waals surface area contributed by atoms with Gasteiger partial charge in [-0.2, -0.15) is 5.26 Å². The van der Waals surface area contributed by atoms with E-state index >= 15 is 0 Å². The van der Waals surface area contributed by atoms with Gasteiger partial charge in [0.05, 0.1) is 16.6 Å². The van der Waals surface area contributed by atoms with Crippen LogP contribution in [-0.2, 0) is 9.84 Å². The Morgan fingerprint density at radius 2 is 1.61 bits per heavy atom. The quantitative estimate of drug-likeness (QED) is 0.568. The molecule has 0 aliphatic carbocycles. The SMILES string of the molecule is N#Cc1c(Nc2ccccc2)nc2cnccc2c1S(=O)(=O)c1ccccc1. The Morgan fingerprint density at radius 3 is 2.29 bits per heavy atom. The minimum Gasteiger partial charge on any atom is -0.339 e. The Kier molecular flexibility index (Phi) is 4.47. The number of fused-ring (bicyclic) bond motifs is 1. The first-order chi connectivity index (χ1) is 13.6. The Hall–Kier alpha value is -3.76. The largest absolute Gasteiger partial charge is 0.339 e. The molecule has 4 rings (SSSR count). The van der Waals surface area contributed by atoms with Gasteiger partial charge in [-0.15, -0.1) is 0 Å². The topological polar surface area (TPSA) is 95.7 Å². The number of sulfone groups is 1. The van der Waals surface area contributed by atoms with E-state index in [0.717, 1.165) is 0 Å². The standard InChI is InChI=1S/C21H14N4O2S/c22-13-18-20(28(26,27)16-9-5-2-6-10-16)17-11-12-23-14-19(17)25-21(18)24-15-7-3-1-4-8-15/h1-12,14H,(H,24,25). The lowest BCUT2D eigenvalue weighted by molar-refractivity contribution is 0.596. The predicted molar refractivity (Wildman–Crippen MR) is 106 cm³/mol. The van der Waals surface area contributed by atoms with Crippen LogP contribution < -0.4 is 5.32 Å². The van der Waals surface area contributed by atoms with Gasteiger partial charge in [0.15, 0.2) is 5.82 Å². The van der Waals surface area contributed by atoms with E-state index in [1.165, 1.54) is 24.5 Å². The van der Waals surface area contributed by atoms with Crippen LogP contribution in [0.3, 0.4) is 0 Å². The van der Waals surface area contributed by atoms with Crippen LogP contribution in [0.1, 0.15) is 5.56 Å². The maximum absolute atomic E-state index is 13.4. The van der Waals surface area contributed by atoms with Gasteiger partial charge in [-0.25, -0.2) is 13.4 Å². The molecule has 2 heterocycles. The molecular weight excluding hydrogens is 372 g/mol. The molecule has 7 heteroatoms. The first-order valence-corrected chi connectivity index (χ1v) is 9.89. The third-order valence-electron chi connectivity index (χ3n) is 4.21. The number of hydrogen-bond donors (Lipinski definition) is 1. The summed E-state index contributed by atoms with van der Waals surface area (Å²) in [6, 6.07) is 20.8. The van der Waals surface area contributed by atoms with Crippen LogP contribution in [0, 0.1) is 11.3 Å². The lowest BCUT2D eigenvalue weighted by atomic mass is 10.2. The third kappa shape index (κ3) is 3.06. The molecule has 0 radical (unpaired) electrons. The second-order valence-corrected chi connectivity index (χ2v) is 7.86. The van der Waals surface area contributed by atoms with Crippen molar-refractivity contribution in [2.45, 2.75) is 9.79 Å². The summed E-state index contributed by atoms with van der Waals surface area (Å²) in [5, 5.41) is 13.2. The van der Waals surface area contributed by atoms with Gasteiger partial charge in [0, 0.05) is 17.3 Å². The van der Waals surface area contributed by atoms with Crippen molar-refractivity contribution in [1.82, 2.24) is 9.97 Å². The summed E-state index contributed by atoms with van der Waals surface area (Å²) in [7, 11) is -3.95. The van der Waals surface area contributed by atoms with Crippen LogP contribution in [0.25, 0.3) is 10.9 Å². The normalized spacial score (nSPS) is 11.1. The van der Waals surface area contributed by atoms with Gasteiger partial charge in [0.25, 0.3) is 0 Å². The molecule has 4 aromatic rings. The Morgan fingerprint density at radius 1 is 0.929 bits per heavy atom. The van der Waals surface area contributed by atoms with Gasteiger partial charge in [0.1, 0.15) is 16.5 Å². The second-order valence-electron chi connectivity index (χ2n) is 5.98. The van der Waals surface area contributed by atoms with Gasteiger partial charge in [-0.3, -0.25) is 4.98 Å². The van der Waals surface area contributed by atoms with Crippen molar-refractivity contribution in [3.8, 4) is 6.07 Å². The molecule has 136 valence electrons. The molecule has 2 aromatic carbocycles. The summed E-state index contributed by atoms with van der Waals surface area (Å²) in [5.41, 5.74) is 1.04. The van der Waals surface area contributed by atoms with Crippen LogP contribution in [0.5, 0.6) is 0 Å². The summed E-state index contributed by atoms with van der Waals surface area (Å²) < 4.78 is 26.8. The number of hydrogen-bond acceptors (Lipinski definition) is 6. The lowest BCUT2D eigenvalue weighted by Crippen LogP contribution is -2.09. The molecule has 28 heavy (non-hydrogen) atoms. The van der Waals surface area contributed by atoms with Gasteiger partial charge in [-0.1, -0.05) is 36.4 Å². The van der Waals surface area contributed by atoms with Crippen LogP contribution >= 0.6 is 0 Å². The van der Waals surface area contributed by atoms with Crippen LogP contribution in [0.15, 0.2) is 88.9 Å². The number of nitrogens with zero attached hydrogens (tertiary/aromatic N) is 3. The fraction of sp³-hybridized carbons (Fsp3) is 0. The van der Waals surface area contributed by atoms with Gasteiger partial charge in [0.2, 0.25) is 9.84 Å². The van der Waals surface area contributed by atoms with E-state index in [2.05, 4.69) is 15.3 Å². The molecule has 2 aromatic heterocycles. The summed E-state index contributed by atoms with van der Waals surface area (Å²) in [6.45, 7) is 0. The van der Waals surface area contributed by atoms with Gasteiger partial charge in [-0.05, 0) is 30.3 Å². The highest BCUT2D eigenvalue weighted by Crippen LogP contribution is 2.34. The summed E-state index contributed by atoms with van der Waals surface area (Å²) in [4.78, 5) is 8.53. The highest BCUT2D eigenvalue weighted by molar-refractivity contribution is 7.91. The zero-order chi connectivity index (χ0) is 19.6. The number of pyridine rings is 2. The highest BCUT2D eigenvalue weighted by atomic mass is 32.2. The first kappa shape index (κ1) is 17.6. The minimum atomic E-state index is -3.95. The van der Waals surface area contributed by atoms with E-state index in [1.807, 2.05) is 36.4 Å². The van der Waals surface area contributed by atoms with E-state index in [4.69, 9.17) is 0 Å². The van der Waals surface area contributed by atoms with Crippen molar-refractivity contribution in [2.24, 2.45) is 0 Å². The number of rotatable bonds is 4. The molecule has 0 atom stereocenters. The molecule has 0 bridgehead atoms. The number of para-hydroxylation sites is 1. The maximum Gasteiger partial charge on any atom is 0.208 e. The maximum atomic E-state index is 13.4. The Balaban J connectivity index is 2.03. The Labute approximate surface area is 162 Å².